The zero-order valence-electron chi connectivity index (χ0n) is 11.9. The summed E-state index contributed by atoms with van der Waals surface area (Å²) in [4.78, 5) is 2.38. The fraction of sp³-hybridized carbons (Fsp3) is 0.625. The lowest BCUT2D eigenvalue weighted by Crippen LogP contribution is -2.32. The molecule has 1 aromatic carbocycles. The van der Waals surface area contributed by atoms with Crippen molar-refractivity contribution >= 4 is 0 Å². The van der Waals surface area contributed by atoms with Gasteiger partial charge in [-0.2, -0.15) is 0 Å². The molecule has 1 aromatic rings. The molecular weight excluding hydrogens is 238 g/mol. The number of nitrogens with zero attached hydrogens (tertiary/aromatic N) is 1. The molecule has 2 aliphatic rings. The van der Waals surface area contributed by atoms with Gasteiger partial charge >= 0.3 is 0 Å². The van der Waals surface area contributed by atoms with Crippen molar-refractivity contribution in [3.63, 3.8) is 0 Å². The Morgan fingerprint density at radius 2 is 2.26 bits per heavy atom. The van der Waals surface area contributed by atoms with E-state index in [4.69, 9.17) is 4.74 Å². The standard InChI is InChI=1S/C16H23NO2/c1-16(2)9-12-5-3-6-13(15(12)19-16)10-17-8-4-7-14(17)11-18/h3,5-6,14,18H,4,7-11H2,1-2H3/t14-/m0/s1. The quantitative estimate of drug-likeness (QED) is 0.906. The smallest absolute Gasteiger partial charge is 0.127 e. The summed E-state index contributed by atoms with van der Waals surface area (Å²) < 4.78 is 6.12. The molecule has 104 valence electrons. The lowest BCUT2D eigenvalue weighted by molar-refractivity contribution is 0.130. The van der Waals surface area contributed by atoms with Crippen LogP contribution in [0.5, 0.6) is 5.75 Å². The molecule has 0 aromatic heterocycles. The monoisotopic (exact) mass is 261 g/mol. The second-order valence-electron chi connectivity index (χ2n) is 6.39. The number of fused-ring (bicyclic) bond motifs is 1. The zero-order chi connectivity index (χ0) is 13.5. The maximum atomic E-state index is 9.42. The van der Waals surface area contributed by atoms with Crippen LogP contribution in [-0.2, 0) is 13.0 Å². The first-order valence-electron chi connectivity index (χ1n) is 7.24. The van der Waals surface area contributed by atoms with Crippen LogP contribution in [-0.4, -0.2) is 34.8 Å². The fourth-order valence-electron chi connectivity index (χ4n) is 3.33. The predicted octanol–water partition coefficient (Wildman–Crippen LogP) is 2.36. The van der Waals surface area contributed by atoms with Gasteiger partial charge in [-0.3, -0.25) is 4.90 Å². The minimum atomic E-state index is -0.0835. The first-order valence-corrected chi connectivity index (χ1v) is 7.24. The van der Waals surface area contributed by atoms with Gasteiger partial charge in [-0.15, -0.1) is 0 Å². The molecule has 2 aliphatic heterocycles. The topological polar surface area (TPSA) is 32.7 Å². The number of hydrogen-bond donors (Lipinski definition) is 1. The van der Waals surface area contributed by atoms with Crippen LogP contribution >= 0.6 is 0 Å². The summed E-state index contributed by atoms with van der Waals surface area (Å²) in [6.45, 7) is 6.52. The molecule has 0 spiro atoms. The third-order valence-electron chi connectivity index (χ3n) is 4.26. The van der Waals surface area contributed by atoms with Gasteiger partial charge in [0.15, 0.2) is 0 Å². The van der Waals surface area contributed by atoms with Crippen molar-refractivity contribution in [2.45, 2.75) is 51.3 Å². The highest BCUT2D eigenvalue weighted by Gasteiger charge is 2.32. The van der Waals surface area contributed by atoms with Gasteiger partial charge in [0.1, 0.15) is 11.4 Å². The van der Waals surface area contributed by atoms with Crippen LogP contribution in [0.3, 0.4) is 0 Å². The van der Waals surface area contributed by atoms with Gasteiger partial charge in [0.2, 0.25) is 0 Å². The van der Waals surface area contributed by atoms with Crippen molar-refractivity contribution in [1.82, 2.24) is 4.90 Å². The molecule has 0 saturated carbocycles. The molecule has 0 amide bonds. The minimum Gasteiger partial charge on any atom is -0.487 e. The summed E-state index contributed by atoms with van der Waals surface area (Å²) in [5.41, 5.74) is 2.51. The summed E-state index contributed by atoms with van der Waals surface area (Å²) in [6, 6.07) is 6.78. The fourth-order valence-corrected chi connectivity index (χ4v) is 3.33. The molecule has 0 aliphatic carbocycles. The van der Waals surface area contributed by atoms with Gasteiger partial charge in [-0.05, 0) is 38.8 Å². The Morgan fingerprint density at radius 1 is 1.42 bits per heavy atom. The largest absolute Gasteiger partial charge is 0.487 e. The average Bonchev–Trinajstić information content (AvgIpc) is 2.92. The van der Waals surface area contributed by atoms with E-state index in [1.807, 2.05) is 0 Å². The number of para-hydroxylation sites is 1. The zero-order valence-corrected chi connectivity index (χ0v) is 11.9. The number of rotatable bonds is 3. The number of aliphatic hydroxyl groups is 1. The molecule has 3 nitrogen and oxygen atoms in total. The van der Waals surface area contributed by atoms with Crippen molar-refractivity contribution in [3.8, 4) is 5.75 Å². The third kappa shape index (κ3) is 2.49. The number of hydrogen-bond acceptors (Lipinski definition) is 3. The van der Waals surface area contributed by atoms with Crippen LogP contribution in [0.15, 0.2) is 18.2 Å². The molecule has 0 bridgehead atoms. The highest BCUT2D eigenvalue weighted by atomic mass is 16.5. The summed E-state index contributed by atoms with van der Waals surface area (Å²) >= 11 is 0. The van der Waals surface area contributed by atoms with E-state index in [9.17, 15) is 5.11 Å². The summed E-state index contributed by atoms with van der Waals surface area (Å²) in [5.74, 6) is 1.08. The predicted molar refractivity (Wildman–Crippen MR) is 75.4 cm³/mol. The Morgan fingerprint density at radius 3 is 3.05 bits per heavy atom. The van der Waals surface area contributed by atoms with E-state index in [2.05, 4.69) is 36.9 Å². The summed E-state index contributed by atoms with van der Waals surface area (Å²) in [5, 5.41) is 9.42. The molecule has 1 saturated heterocycles. The van der Waals surface area contributed by atoms with Crippen LogP contribution in [0, 0.1) is 0 Å². The maximum absolute atomic E-state index is 9.42. The molecule has 0 radical (unpaired) electrons. The Balaban J connectivity index is 1.82. The summed E-state index contributed by atoms with van der Waals surface area (Å²) in [6.07, 6.45) is 3.28. The van der Waals surface area contributed by atoms with Gasteiger partial charge in [0.25, 0.3) is 0 Å². The number of likely N-dealkylation sites (tertiary alicyclic amines) is 1. The molecule has 19 heavy (non-hydrogen) atoms. The van der Waals surface area contributed by atoms with Crippen molar-refractivity contribution in [2.24, 2.45) is 0 Å². The van der Waals surface area contributed by atoms with Crippen molar-refractivity contribution in [1.29, 1.82) is 0 Å². The van der Waals surface area contributed by atoms with Crippen LogP contribution in [0.1, 0.15) is 37.8 Å². The van der Waals surface area contributed by atoms with E-state index in [0.717, 1.165) is 31.7 Å². The number of ether oxygens (including phenoxy) is 1. The van der Waals surface area contributed by atoms with Gasteiger partial charge in [-0.25, -0.2) is 0 Å². The van der Waals surface area contributed by atoms with Crippen molar-refractivity contribution < 1.29 is 9.84 Å². The second kappa shape index (κ2) is 4.80. The molecule has 1 fully saturated rings. The van der Waals surface area contributed by atoms with E-state index >= 15 is 0 Å². The number of aliphatic hydroxyl groups excluding tert-OH is 1. The Hall–Kier alpha value is -1.06. The van der Waals surface area contributed by atoms with Crippen LogP contribution in [0.4, 0.5) is 0 Å². The SMILES string of the molecule is CC1(C)Cc2cccc(CN3CCC[C@H]3CO)c2O1. The molecule has 1 N–H and O–H groups in total. The first kappa shape index (κ1) is 12.9. The highest BCUT2D eigenvalue weighted by molar-refractivity contribution is 5.45. The van der Waals surface area contributed by atoms with E-state index in [-0.39, 0.29) is 12.2 Å². The van der Waals surface area contributed by atoms with Gasteiger partial charge in [-0.1, -0.05) is 18.2 Å². The molecule has 0 unspecified atom stereocenters. The van der Waals surface area contributed by atoms with Gasteiger partial charge in [0, 0.05) is 24.6 Å². The Labute approximate surface area is 115 Å². The van der Waals surface area contributed by atoms with Crippen LogP contribution in [0.2, 0.25) is 0 Å². The highest BCUT2D eigenvalue weighted by Crippen LogP contribution is 2.38. The van der Waals surface area contributed by atoms with Crippen LogP contribution < -0.4 is 4.74 Å². The van der Waals surface area contributed by atoms with E-state index in [1.54, 1.807) is 0 Å². The van der Waals surface area contributed by atoms with Crippen molar-refractivity contribution in [3.05, 3.63) is 29.3 Å². The third-order valence-corrected chi connectivity index (χ3v) is 4.26. The van der Waals surface area contributed by atoms with E-state index < -0.39 is 0 Å². The summed E-state index contributed by atoms with van der Waals surface area (Å²) in [7, 11) is 0. The second-order valence-corrected chi connectivity index (χ2v) is 6.39. The van der Waals surface area contributed by atoms with Crippen LogP contribution in [0.25, 0.3) is 0 Å². The normalized spacial score (nSPS) is 25.3. The van der Waals surface area contributed by atoms with Gasteiger partial charge < -0.3 is 9.84 Å². The molecule has 3 heteroatoms. The minimum absolute atomic E-state index is 0.0835. The lowest BCUT2D eigenvalue weighted by atomic mass is 10.0. The Bertz CT molecular complexity index is 470. The maximum Gasteiger partial charge on any atom is 0.127 e. The Kier molecular flexibility index (Phi) is 3.27. The lowest BCUT2D eigenvalue weighted by Gasteiger charge is -2.24. The molecule has 3 rings (SSSR count). The molecular formula is C16H23NO2. The molecule has 1 atom stereocenters. The van der Waals surface area contributed by atoms with Gasteiger partial charge in [0.05, 0.1) is 6.61 Å². The first-order chi connectivity index (χ1) is 9.09. The van der Waals surface area contributed by atoms with Crippen molar-refractivity contribution in [2.75, 3.05) is 13.2 Å². The van der Waals surface area contributed by atoms with E-state index in [1.165, 1.54) is 17.5 Å². The number of benzene rings is 1. The van der Waals surface area contributed by atoms with E-state index in [0.29, 0.717) is 6.04 Å². The molecule has 2 heterocycles. The average molecular weight is 261 g/mol.